The van der Waals surface area contributed by atoms with E-state index in [9.17, 15) is 14.7 Å². The van der Waals surface area contributed by atoms with Crippen molar-refractivity contribution in [3.63, 3.8) is 0 Å². The van der Waals surface area contributed by atoms with Gasteiger partial charge < -0.3 is 24.2 Å². The van der Waals surface area contributed by atoms with Crippen molar-refractivity contribution in [3.8, 4) is 0 Å². The molecule has 7 nitrogen and oxygen atoms in total. The molecule has 0 spiro atoms. The van der Waals surface area contributed by atoms with E-state index in [1.54, 1.807) is 14.0 Å². The van der Waals surface area contributed by atoms with E-state index in [0.29, 0.717) is 0 Å². The number of methoxy groups -OCH3 is 1. The van der Waals surface area contributed by atoms with Gasteiger partial charge in [-0.15, -0.1) is 0 Å². The molecule has 0 aliphatic carbocycles. The fourth-order valence-electron chi connectivity index (χ4n) is 2.71. The molecule has 0 saturated carbocycles. The Morgan fingerprint density at radius 3 is 2.30 bits per heavy atom. The molecule has 1 N–H and O–H groups in total. The molecule has 0 radical (unpaired) electrons. The maximum Gasteiger partial charge on any atom is 0.303 e. The lowest BCUT2D eigenvalue weighted by Gasteiger charge is -2.51. The monoisotopic (exact) mass is 289 g/mol. The van der Waals surface area contributed by atoms with Crippen LogP contribution in [-0.2, 0) is 23.8 Å². The summed E-state index contributed by atoms with van der Waals surface area (Å²) in [5, 5.41) is 10.8. The van der Waals surface area contributed by atoms with Crippen LogP contribution in [0, 0.1) is 0 Å². The van der Waals surface area contributed by atoms with Gasteiger partial charge in [0.05, 0.1) is 12.1 Å². The summed E-state index contributed by atoms with van der Waals surface area (Å²) in [4.78, 5) is 24.2. The van der Waals surface area contributed by atoms with E-state index in [1.165, 1.54) is 32.8 Å². The lowest BCUT2D eigenvalue weighted by molar-refractivity contribution is -0.304. The minimum absolute atomic E-state index is 0.219. The van der Waals surface area contributed by atoms with Gasteiger partial charge in [-0.1, -0.05) is 0 Å². The highest BCUT2D eigenvalue weighted by Crippen LogP contribution is 2.34. The molecule has 0 unspecified atom stereocenters. The number of likely N-dealkylation sites (N-methyl/N-ethyl adjacent to an activating group) is 1. The average Bonchev–Trinajstić information content (AvgIpc) is 2.31. The van der Waals surface area contributed by atoms with Crippen molar-refractivity contribution in [1.29, 1.82) is 0 Å². The smallest absolute Gasteiger partial charge is 0.303 e. The van der Waals surface area contributed by atoms with E-state index in [1.807, 2.05) is 0 Å². The quantitative estimate of drug-likeness (QED) is 0.731. The third kappa shape index (κ3) is 3.11. The topological polar surface area (TPSA) is 85.3 Å². The molecule has 116 valence electrons. The first-order valence-electron chi connectivity index (χ1n) is 6.44. The zero-order valence-corrected chi connectivity index (χ0v) is 12.7. The maximum absolute atomic E-state index is 11.6. The van der Waals surface area contributed by atoms with Gasteiger partial charge in [-0.2, -0.15) is 0 Å². The number of esters is 1. The summed E-state index contributed by atoms with van der Waals surface area (Å²) in [7, 11) is 2.97. The van der Waals surface area contributed by atoms with Gasteiger partial charge in [-0.3, -0.25) is 9.59 Å². The molecular formula is C13H23NO6. The first kappa shape index (κ1) is 16.9. The Balaban J connectivity index is 3.14. The fraction of sp³-hybridized carbons (Fsp3) is 0.846. The van der Waals surface area contributed by atoms with Crippen LogP contribution >= 0.6 is 0 Å². The molecule has 0 aromatic rings. The number of carbonyl (C=O) groups excluding carboxylic acids is 2. The zero-order chi connectivity index (χ0) is 15.7. The van der Waals surface area contributed by atoms with Crippen molar-refractivity contribution in [2.24, 2.45) is 0 Å². The predicted octanol–water partition coefficient (Wildman–Crippen LogP) is -0.0928. The molecule has 7 heteroatoms. The third-order valence-corrected chi connectivity index (χ3v) is 3.65. The number of hydrogen-bond acceptors (Lipinski definition) is 6. The summed E-state index contributed by atoms with van der Waals surface area (Å²) in [6.45, 7) is 5.88. The SMILES string of the molecule is CO[C@@H]1O[C@H](C)[C@@H](N(C)C(C)=O)[C@](C)(O)[C@H]1OC(C)=O. The molecule has 1 aliphatic heterocycles. The molecular weight excluding hydrogens is 266 g/mol. The summed E-state index contributed by atoms with van der Waals surface area (Å²) < 4.78 is 15.9. The number of hydrogen-bond donors (Lipinski definition) is 1. The first-order valence-corrected chi connectivity index (χ1v) is 6.44. The van der Waals surface area contributed by atoms with E-state index in [-0.39, 0.29) is 5.91 Å². The second kappa shape index (κ2) is 6.07. The van der Waals surface area contributed by atoms with Crippen LogP contribution in [0.1, 0.15) is 27.7 Å². The Bertz CT molecular complexity index is 383. The van der Waals surface area contributed by atoms with Crippen molar-refractivity contribution in [3.05, 3.63) is 0 Å². The maximum atomic E-state index is 11.6. The zero-order valence-electron chi connectivity index (χ0n) is 12.7. The van der Waals surface area contributed by atoms with Crippen molar-refractivity contribution in [2.75, 3.05) is 14.2 Å². The summed E-state index contributed by atoms with van der Waals surface area (Å²) in [5.41, 5.74) is -1.50. The standard InChI is InChI=1S/C13H23NO6/c1-7-10(14(5)8(2)15)13(4,17)11(20-9(3)16)12(18-6)19-7/h7,10-12,17H,1-6H3/t7-,10-,11+,12-,13+/m1/s1. The molecule has 1 saturated heterocycles. The van der Waals surface area contributed by atoms with Gasteiger partial charge >= 0.3 is 5.97 Å². The number of ether oxygens (including phenoxy) is 3. The minimum Gasteiger partial charge on any atom is -0.454 e. The summed E-state index contributed by atoms with van der Waals surface area (Å²) >= 11 is 0. The van der Waals surface area contributed by atoms with E-state index in [2.05, 4.69) is 0 Å². The highest BCUT2D eigenvalue weighted by atomic mass is 16.7. The Morgan fingerprint density at radius 1 is 1.35 bits per heavy atom. The summed E-state index contributed by atoms with van der Waals surface area (Å²) in [6, 6.07) is -0.657. The second-order valence-electron chi connectivity index (χ2n) is 5.28. The molecule has 1 fully saturated rings. The molecule has 1 amide bonds. The average molecular weight is 289 g/mol. The van der Waals surface area contributed by atoms with Gasteiger partial charge in [0.25, 0.3) is 0 Å². The molecule has 1 aliphatic rings. The van der Waals surface area contributed by atoms with Crippen molar-refractivity contribution < 1.29 is 28.9 Å². The van der Waals surface area contributed by atoms with Crippen molar-refractivity contribution >= 4 is 11.9 Å². The van der Waals surface area contributed by atoms with Crippen LogP contribution in [-0.4, -0.2) is 66.2 Å². The van der Waals surface area contributed by atoms with Gasteiger partial charge in [0, 0.05) is 28.0 Å². The first-order chi connectivity index (χ1) is 9.12. The number of rotatable bonds is 3. The molecule has 5 atom stereocenters. The van der Waals surface area contributed by atoms with Crippen LogP contribution in [0.3, 0.4) is 0 Å². The molecule has 1 rings (SSSR count). The third-order valence-electron chi connectivity index (χ3n) is 3.65. The Morgan fingerprint density at radius 2 is 1.90 bits per heavy atom. The lowest BCUT2D eigenvalue weighted by atomic mass is 9.83. The molecule has 1 heterocycles. The van der Waals surface area contributed by atoms with E-state index >= 15 is 0 Å². The number of nitrogens with zero attached hydrogens (tertiary/aromatic N) is 1. The molecule has 0 aromatic carbocycles. The van der Waals surface area contributed by atoms with Gasteiger partial charge in [-0.25, -0.2) is 0 Å². The largest absolute Gasteiger partial charge is 0.454 e. The van der Waals surface area contributed by atoms with E-state index < -0.39 is 36.1 Å². The Hall–Kier alpha value is -1.18. The second-order valence-corrected chi connectivity index (χ2v) is 5.28. The van der Waals surface area contributed by atoms with Crippen LogP contribution in [0.2, 0.25) is 0 Å². The highest BCUT2D eigenvalue weighted by molar-refractivity contribution is 5.73. The van der Waals surface area contributed by atoms with Crippen LogP contribution < -0.4 is 0 Å². The van der Waals surface area contributed by atoms with Crippen molar-refractivity contribution in [1.82, 2.24) is 4.90 Å². The normalized spacial score (nSPS) is 37.4. The van der Waals surface area contributed by atoms with E-state index in [0.717, 1.165) is 0 Å². The summed E-state index contributed by atoms with van der Waals surface area (Å²) in [5.74, 6) is -0.775. The van der Waals surface area contributed by atoms with Gasteiger partial charge in [0.2, 0.25) is 5.91 Å². The van der Waals surface area contributed by atoms with E-state index in [4.69, 9.17) is 14.2 Å². The molecule has 0 bridgehead atoms. The van der Waals surface area contributed by atoms with Gasteiger partial charge in [0.1, 0.15) is 5.60 Å². The minimum atomic E-state index is -1.50. The highest BCUT2D eigenvalue weighted by Gasteiger charge is 2.56. The number of carbonyl (C=O) groups is 2. The molecule has 0 aromatic heterocycles. The van der Waals surface area contributed by atoms with Crippen LogP contribution in [0.15, 0.2) is 0 Å². The van der Waals surface area contributed by atoms with Crippen LogP contribution in [0.4, 0.5) is 0 Å². The lowest BCUT2D eigenvalue weighted by Crippen LogP contribution is -2.70. The molecule has 20 heavy (non-hydrogen) atoms. The summed E-state index contributed by atoms with van der Waals surface area (Å²) in [6.07, 6.45) is -2.39. The Kier molecular flexibility index (Phi) is 5.12. The Labute approximate surface area is 118 Å². The predicted molar refractivity (Wildman–Crippen MR) is 69.8 cm³/mol. The van der Waals surface area contributed by atoms with Gasteiger partial charge in [0.15, 0.2) is 12.4 Å². The van der Waals surface area contributed by atoms with Gasteiger partial charge in [-0.05, 0) is 13.8 Å². The number of amides is 1. The van der Waals surface area contributed by atoms with Crippen molar-refractivity contribution in [2.45, 2.75) is 57.8 Å². The fourth-order valence-corrected chi connectivity index (χ4v) is 2.71. The van der Waals surface area contributed by atoms with Crippen LogP contribution in [0.25, 0.3) is 0 Å². The number of aliphatic hydroxyl groups is 1. The van der Waals surface area contributed by atoms with Crippen LogP contribution in [0.5, 0.6) is 0 Å².